The summed E-state index contributed by atoms with van der Waals surface area (Å²) >= 11 is 0. The number of aromatic nitrogens is 2. The van der Waals surface area contributed by atoms with E-state index in [1.807, 2.05) is 26.1 Å². The minimum absolute atomic E-state index is 0.0790. The monoisotopic (exact) mass is 490 g/mol. The molecule has 1 fully saturated rings. The van der Waals surface area contributed by atoms with Crippen LogP contribution in [-0.2, 0) is 0 Å². The summed E-state index contributed by atoms with van der Waals surface area (Å²) in [5.41, 5.74) is 6.14. The summed E-state index contributed by atoms with van der Waals surface area (Å²) in [4.78, 5) is 7.11. The zero-order valence-corrected chi connectivity index (χ0v) is 22.4. The molecule has 0 spiro atoms. The molecule has 2 aromatic heterocycles. The lowest BCUT2D eigenvalue weighted by molar-refractivity contribution is 0.210. The van der Waals surface area contributed by atoms with Gasteiger partial charge in [0.05, 0.1) is 5.66 Å². The molecule has 37 heavy (non-hydrogen) atoms. The van der Waals surface area contributed by atoms with Crippen molar-refractivity contribution in [1.29, 1.82) is 0 Å². The van der Waals surface area contributed by atoms with E-state index in [9.17, 15) is 0 Å². The molecule has 1 saturated carbocycles. The fourth-order valence-electron chi connectivity index (χ4n) is 5.61. The number of hydrogen-bond acceptors (Lipinski definition) is 3. The van der Waals surface area contributed by atoms with Gasteiger partial charge in [0.15, 0.2) is 0 Å². The second-order valence-corrected chi connectivity index (χ2v) is 9.70. The predicted octanol–water partition coefficient (Wildman–Crippen LogP) is 7.39. The standard InChI is InChI=1S/C31H32N4.C2H6/c1-3-34(31-21-27(31)12-8-19-33-31)22-29(25-9-5-4-6-10-25)23(2)24-13-15-28(16-14-24)35-20-17-26-11-7-18-32-30(26)35;1-2/h4-18,20,22-23,27,33H,3,19,21H2,1-2H3;1-2H3/b29-22+;. The summed E-state index contributed by atoms with van der Waals surface area (Å²) in [7, 11) is 0. The Bertz CT molecular complexity index is 1380. The van der Waals surface area contributed by atoms with Crippen LogP contribution < -0.4 is 5.32 Å². The van der Waals surface area contributed by atoms with E-state index in [1.165, 1.54) is 23.1 Å². The molecule has 4 heteroatoms. The van der Waals surface area contributed by atoms with Crippen LogP contribution in [-0.4, -0.2) is 33.2 Å². The van der Waals surface area contributed by atoms with Crippen molar-refractivity contribution in [2.75, 3.05) is 13.1 Å². The largest absolute Gasteiger partial charge is 0.359 e. The topological polar surface area (TPSA) is 33.1 Å². The molecule has 4 aromatic rings. The highest BCUT2D eigenvalue weighted by Crippen LogP contribution is 2.49. The Morgan fingerprint density at radius 1 is 1.08 bits per heavy atom. The first-order valence-corrected chi connectivity index (χ1v) is 13.7. The highest BCUT2D eigenvalue weighted by molar-refractivity contribution is 5.78. The maximum Gasteiger partial charge on any atom is 0.144 e. The van der Waals surface area contributed by atoms with E-state index >= 15 is 0 Å². The van der Waals surface area contributed by atoms with Gasteiger partial charge in [-0.25, -0.2) is 4.98 Å². The number of hydrogen-bond donors (Lipinski definition) is 1. The SMILES string of the molecule is CC.CCN(/C=C(/c1ccccc1)C(C)c1ccc(-n2ccc3cccnc32)cc1)C12CC1C=CCN2. The molecule has 4 nitrogen and oxygen atoms in total. The lowest BCUT2D eigenvalue weighted by atomic mass is 9.88. The molecule has 3 heterocycles. The molecule has 0 bridgehead atoms. The van der Waals surface area contributed by atoms with Crippen LogP contribution in [0.25, 0.3) is 22.3 Å². The number of pyridine rings is 1. The van der Waals surface area contributed by atoms with E-state index in [0.717, 1.165) is 29.8 Å². The lowest BCUT2D eigenvalue weighted by Crippen LogP contribution is -2.48. The molecule has 3 unspecified atom stereocenters. The van der Waals surface area contributed by atoms with Crippen molar-refractivity contribution in [2.45, 2.75) is 45.7 Å². The Kier molecular flexibility index (Phi) is 7.29. The predicted molar refractivity (Wildman–Crippen MR) is 156 cm³/mol. The van der Waals surface area contributed by atoms with Crippen LogP contribution in [0.5, 0.6) is 0 Å². The third kappa shape index (κ3) is 4.74. The molecular weight excluding hydrogens is 452 g/mol. The molecule has 2 aromatic carbocycles. The van der Waals surface area contributed by atoms with Crippen molar-refractivity contribution < 1.29 is 0 Å². The Morgan fingerprint density at radius 3 is 2.59 bits per heavy atom. The van der Waals surface area contributed by atoms with E-state index in [4.69, 9.17) is 0 Å². The van der Waals surface area contributed by atoms with E-state index in [2.05, 4.69) is 125 Å². The number of rotatable bonds is 7. The summed E-state index contributed by atoms with van der Waals surface area (Å²) in [5, 5.41) is 4.93. The second kappa shape index (κ2) is 10.8. The molecular formula is C33H38N4. The zero-order valence-electron chi connectivity index (χ0n) is 22.4. The Morgan fingerprint density at radius 2 is 1.86 bits per heavy atom. The molecule has 1 aliphatic heterocycles. The number of allylic oxidation sites excluding steroid dienone is 1. The normalized spacial score (nSPS) is 21.1. The zero-order chi connectivity index (χ0) is 25.8. The highest BCUT2D eigenvalue weighted by Gasteiger charge is 2.56. The number of benzene rings is 2. The Labute approximate surface area is 221 Å². The summed E-state index contributed by atoms with van der Waals surface area (Å²) in [6.45, 7) is 10.5. The van der Waals surface area contributed by atoms with Crippen molar-refractivity contribution in [2.24, 2.45) is 5.92 Å². The Balaban J connectivity index is 0.00000137. The molecule has 0 radical (unpaired) electrons. The van der Waals surface area contributed by atoms with Gasteiger partial charge in [0, 0.05) is 54.6 Å². The molecule has 0 saturated heterocycles. The third-order valence-corrected chi connectivity index (χ3v) is 7.72. The minimum atomic E-state index is 0.0790. The summed E-state index contributed by atoms with van der Waals surface area (Å²) in [6, 6.07) is 26.0. The van der Waals surface area contributed by atoms with Crippen molar-refractivity contribution >= 4 is 16.6 Å². The van der Waals surface area contributed by atoms with E-state index in [-0.39, 0.29) is 11.6 Å². The van der Waals surface area contributed by atoms with Crippen LogP contribution in [0, 0.1) is 5.92 Å². The van der Waals surface area contributed by atoms with Gasteiger partial charge in [-0.1, -0.05) is 75.4 Å². The average Bonchev–Trinajstić information content (AvgIpc) is 3.57. The molecule has 0 amide bonds. The van der Waals surface area contributed by atoms with Crippen LogP contribution in [0.1, 0.15) is 51.2 Å². The van der Waals surface area contributed by atoms with Crippen LogP contribution in [0.4, 0.5) is 0 Å². The fourth-order valence-corrected chi connectivity index (χ4v) is 5.61. The van der Waals surface area contributed by atoms with Gasteiger partial charge < -0.3 is 9.47 Å². The first-order chi connectivity index (χ1) is 18.2. The fraction of sp³-hybridized carbons (Fsp3) is 0.303. The molecule has 190 valence electrons. The minimum Gasteiger partial charge on any atom is -0.359 e. The van der Waals surface area contributed by atoms with Crippen molar-refractivity contribution in [3.63, 3.8) is 0 Å². The maximum atomic E-state index is 4.58. The van der Waals surface area contributed by atoms with Crippen molar-refractivity contribution in [1.82, 2.24) is 19.8 Å². The van der Waals surface area contributed by atoms with Crippen molar-refractivity contribution in [3.8, 4) is 5.69 Å². The summed E-state index contributed by atoms with van der Waals surface area (Å²) < 4.78 is 2.16. The molecule has 1 N–H and O–H groups in total. The van der Waals surface area contributed by atoms with Gasteiger partial charge in [0.25, 0.3) is 0 Å². The quantitative estimate of drug-likeness (QED) is 0.274. The van der Waals surface area contributed by atoms with Gasteiger partial charge in [-0.15, -0.1) is 0 Å². The van der Waals surface area contributed by atoms with Gasteiger partial charge in [-0.3, -0.25) is 5.32 Å². The van der Waals surface area contributed by atoms with Gasteiger partial charge in [0.2, 0.25) is 0 Å². The van der Waals surface area contributed by atoms with Crippen LogP contribution in [0.15, 0.2) is 104 Å². The Hall–Kier alpha value is -3.63. The van der Waals surface area contributed by atoms with Gasteiger partial charge in [0.1, 0.15) is 5.65 Å². The highest BCUT2D eigenvalue weighted by atomic mass is 15.4. The summed E-state index contributed by atoms with van der Waals surface area (Å²) in [6.07, 6.45) is 12.2. The number of nitrogens with one attached hydrogen (secondary N) is 1. The molecule has 2 aliphatic rings. The number of fused-ring (bicyclic) bond motifs is 2. The van der Waals surface area contributed by atoms with Gasteiger partial charge in [-0.05, 0) is 60.4 Å². The van der Waals surface area contributed by atoms with Gasteiger partial charge >= 0.3 is 0 Å². The van der Waals surface area contributed by atoms with E-state index < -0.39 is 0 Å². The molecule has 3 atom stereocenters. The third-order valence-electron chi connectivity index (χ3n) is 7.72. The van der Waals surface area contributed by atoms with Crippen LogP contribution in [0.2, 0.25) is 0 Å². The van der Waals surface area contributed by atoms with Gasteiger partial charge in [-0.2, -0.15) is 0 Å². The molecule has 6 rings (SSSR count). The maximum absolute atomic E-state index is 4.58. The van der Waals surface area contributed by atoms with Crippen molar-refractivity contribution in [3.05, 3.63) is 115 Å². The smallest absolute Gasteiger partial charge is 0.144 e. The molecule has 1 aliphatic carbocycles. The lowest BCUT2D eigenvalue weighted by Gasteiger charge is -2.35. The number of nitrogens with zero attached hydrogens (tertiary/aromatic N) is 3. The van der Waals surface area contributed by atoms with Crippen LogP contribution in [0.3, 0.4) is 0 Å². The first-order valence-electron chi connectivity index (χ1n) is 13.7. The van der Waals surface area contributed by atoms with E-state index in [0.29, 0.717) is 5.92 Å². The second-order valence-electron chi connectivity index (χ2n) is 9.70. The van der Waals surface area contributed by atoms with E-state index in [1.54, 1.807) is 0 Å². The first kappa shape index (κ1) is 25.0. The summed E-state index contributed by atoms with van der Waals surface area (Å²) in [5.74, 6) is 0.858. The average molecular weight is 491 g/mol. The van der Waals surface area contributed by atoms with Crippen LogP contribution >= 0.6 is 0 Å².